The van der Waals surface area contributed by atoms with Crippen molar-refractivity contribution in [3.05, 3.63) is 89.3 Å². The number of nitrogens with one attached hydrogen (secondary N) is 1. The predicted octanol–water partition coefficient (Wildman–Crippen LogP) is 2.96. The van der Waals surface area contributed by atoms with Crippen LogP contribution in [0, 0.1) is 12.7 Å². The van der Waals surface area contributed by atoms with Gasteiger partial charge in [-0.2, -0.15) is 0 Å². The number of hydrogen-bond acceptors (Lipinski definition) is 3. The minimum absolute atomic E-state index is 0.311. The highest BCUT2D eigenvalue weighted by Crippen LogP contribution is 2.21. The van der Waals surface area contributed by atoms with Crippen molar-refractivity contribution in [2.24, 2.45) is 7.05 Å². The molecule has 3 rings (SSSR count). The van der Waals surface area contributed by atoms with Crippen molar-refractivity contribution < 1.29 is 14.0 Å². The van der Waals surface area contributed by atoms with Crippen LogP contribution in [0.2, 0.25) is 0 Å². The van der Waals surface area contributed by atoms with Crippen LogP contribution in [0.15, 0.2) is 60.9 Å². The maximum absolute atomic E-state index is 13.3. The Bertz CT molecular complexity index is 930. The molecule has 0 radical (unpaired) electrons. The molecule has 1 atom stereocenters. The minimum Gasteiger partial charge on any atom is -0.336 e. The third-order valence-corrected chi connectivity index (χ3v) is 4.12. The van der Waals surface area contributed by atoms with Crippen LogP contribution in [0.4, 0.5) is 4.39 Å². The molecule has 5 nitrogen and oxygen atoms in total. The van der Waals surface area contributed by atoms with E-state index in [1.807, 2.05) is 6.92 Å². The van der Waals surface area contributed by atoms with E-state index in [0.29, 0.717) is 17.0 Å². The van der Waals surface area contributed by atoms with Crippen molar-refractivity contribution in [3.63, 3.8) is 0 Å². The van der Waals surface area contributed by atoms with Gasteiger partial charge in [0, 0.05) is 25.0 Å². The number of rotatable bonds is 5. The molecule has 2 aromatic carbocycles. The van der Waals surface area contributed by atoms with Gasteiger partial charge in [-0.1, -0.05) is 42.0 Å². The SMILES string of the molecule is Cc1ccc(C(=O)C(=O)NC(c2ccc(F)cc2)c2nccn2C)cc1. The quantitative estimate of drug-likeness (QED) is 0.568. The van der Waals surface area contributed by atoms with Crippen molar-refractivity contribution in [1.29, 1.82) is 0 Å². The molecule has 0 bridgehead atoms. The van der Waals surface area contributed by atoms with Crippen LogP contribution in [0.25, 0.3) is 0 Å². The average Bonchev–Trinajstić information content (AvgIpc) is 3.06. The summed E-state index contributed by atoms with van der Waals surface area (Å²) in [7, 11) is 1.78. The van der Waals surface area contributed by atoms with E-state index < -0.39 is 17.7 Å². The molecule has 1 N–H and O–H groups in total. The van der Waals surface area contributed by atoms with Gasteiger partial charge in [0.25, 0.3) is 5.91 Å². The zero-order valence-corrected chi connectivity index (χ0v) is 14.4. The molecule has 0 aliphatic carbocycles. The largest absolute Gasteiger partial charge is 0.336 e. The molecule has 132 valence electrons. The minimum atomic E-state index is -0.744. The number of ketones is 1. The average molecular weight is 351 g/mol. The Balaban J connectivity index is 1.89. The standard InChI is InChI=1S/C20H18FN3O2/c1-13-3-5-15(6-4-13)18(25)20(26)23-17(19-22-11-12-24(19)2)14-7-9-16(21)10-8-14/h3-12,17H,1-2H3,(H,23,26). The number of aryl methyl sites for hydroxylation is 2. The lowest BCUT2D eigenvalue weighted by Crippen LogP contribution is -2.36. The van der Waals surface area contributed by atoms with E-state index in [2.05, 4.69) is 10.3 Å². The van der Waals surface area contributed by atoms with E-state index in [-0.39, 0.29) is 5.82 Å². The number of aromatic nitrogens is 2. The molecular formula is C20H18FN3O2. The summed E-state index contributed by atoms with van der Waals surface area (Å²) in [6, 6.07) is 11.8. The van der Waals surface area contributed by atoms with Crippen molar-refractivity contribution in [2.45, 2.75) is 13.0 Å². The van der Waals surface area contributed by atoms with Crippen LogP contribution in [0.1, 0.15) is 33.4 Å². The first-order valence-corrected chi connectivity index (χ1v) is 8.10. The van der Waals surface area contributed by atoms with Gasteiger partial charge >= 0.3 is 0 Å². The fraction of sp³-hybridized carbons (Fsp3) is 0.150. The molecule has 6 heteroatoms. The van der Waals surface area contributed by atoms with Crippen LogP contribution >= 0.6 is 0 Å². The lowest BCUT2D eigenvalue weighted by atomic mass is 10.0. The molecule has 0 fully saturated rings. The molecule has 1 unspecified atom stereocenters. The summed E-state index contributed by atoms with van der Waals surface area (Å²) in [6.07, 6.45) is 3.33. The van der Waals surface area contributed by atoms with Crippen molar-refractivity contribution >= 4 is 11.7 Å². The summed E-state index contributed by atoms with van der Waals surface area (Å²) in [4.78, 5) is 29.2. The lowest BCUT2D eigenvalue weighted by molar-refractivity contribution is -0.117. The van der Waals surface area contributed by atoms with E-state index in [9.17, 15) is 14.0 Å². The fourth-order valence-corrected chi connectivity index (χ4v) is 2.64. The summed E-state index contributed by atoms with van der Waals surface area (Å²) in [5.74, 6) is -1.21. The maximum Gasteiger partial charge on any atom is 0.293 e. The van der Waals surface area contributed by atoms with Gasteiger partial charge < -0.3 is 9.88 Å². The Kier molecular flexibility index (Phi) is 4.93. The van der Waals surface area contributed by atoms with Gasteiger partial charge in [-0.05, 0) is 24.6 Å². The molecule has 0 saturated heterocycles. The Labute approximate surface area is 150 Å². The smallest absolute Gasteiger partial charge is 0.293 e. The zero-order valence-electron chi connectivity index (χ0n) is 14.4. The number of nitrogens with zero attached hydrogens (tertiary/aromatic N) is 2. The Hall–Kier alpha value is -3.28. The van der Waals surface area contributed by atoms with E-state index in [0.717, 1.165) is 5.56 Å². The number of hydrogen-bond donors (Lipinski definition) is 1. The summed E-state index contributed by atoms with van der Waals surface area (Å²) < 4.78 is 15.0. The number of halogens is 1. The van der Waals surface area contributed by atoms with E-state index in [1.165, 1.54) is 12.1 Å². The number of benzene rings is 2. The van der Waals surface area contributed by atoms with Gasteiger partial charge in [0.05, 0.1) is 0 Å². The van der Waals surface area contributed by atoms with Crippen LogP contribution in [0.5, 0.6) is 0 Å². The number of carbonyl (C=O) groups is 2. The Morgan fingerprint density at radius 1 is 1.08 bits per heavy atom. The van der Waals surface area contributed by atoms with E-state index >= 15 is 0 Å². The first-order chi connectivity index (χ1) is 12.5. The Morgan fingerprint density at radius 3 is 2.31 bits per heavy atom. The van der Waals surface area contributed by atoms with Crippen molar-refractivity contribution in [2.75, 3.05) is 0 Å². The molecule has 0 saturated carbocycles. The topological polar surface area (TPSA) is 64.0 Å². The third kappa shape index (κ3) is 3.69. The summed E-state index contributed by atoms with van der Waals surface area (Å²) in [6.45, 7) is 1.90. The molecule has 3 aromatic rings. The predicted molar refractivity (Wildman–Crippen MR) is 95.1 cm³/mol. The second-order valence-corrected chi connectivity index (χ2v) is 6.05. The molecule has 1 heterocycles. The molecule has 0 aliphatic rings. The number of Topliss-reactive ketones (excluding diaryl/α,β-unsaturated/α-hetero) is 1. The van der Waals surface area contributed by atoms with Crippen LogP contribution in [-0.4, -0.2) is 21.2 Å². The van der Waals surface area contributed by atoms with Crippen LogP contribution in [0.3, 0.4) is 0 Å². The first kappa shape index (κ1) is 17.5. The summed E-state index contributed by atoms with van der Waals surface area (Å²) in [5.41, 5.74) is 1.94. The van der Waals surface area contributed by atoms with Crippen LogP contribution in [-0.2, 0) is 11.8 Å². The summed E-state index contributed by atoms with van der Waals surface area (Å²) in [5, 5.41) is 2.71. The lowest BCUT2D eigenvalue weighted by Gasteiger charge is -2.19. The normalized spacial score (nSPS) is 11.8. The Morgan fingerprint density at radius 2 is 1.73 bits per heavy atom. The van der Waals surface area contributed by atoms with Gasteiger partial charge in [0.2, 0.25) is 5.78 Å². The fourth-order valence-electron chi connectivity index (χ4n) is 2.64. The molecular weight excluding hydrogens is 333 g/mol. The first-order valence-electron chi connectivity index (χ1n) is 8.10. The zero-order chi connectivity index (χ0) is 18.7. The maximum atomic E-state index is 13.3. The molecule has 1 aromatic heterocycles. The second-order valence-electron chi connectivity index (χ2n) is 6.05. The van der Waals surface area contributed by atoms with Gasteiger partial charge in [-0.15, -0.1) is 0 Å². The number of carbonyl (C=O) groups excluding carboxylic acids is 2. The summed E-state index contributed by atoms with van der Waals surface area (Å²) >= 11 is 0. The highest BCUT2D eigenvalue weighted by atomic mass is 19.1. The molecule has 0 aliphatic heterocycles. The molecule has 26 heavy (non-hydrogen) atoms. The number of amides is 1. The monoisotopic (exact) mass is 351 g/mol. The van der Waals surface area contributed by atoms with Gasteiger partial charge in [-0.3, -0.25) is 9.59 Å². The van der Waals surface area contributed by atoms with E-state index in [1.54, 1.807) is 60.4 Å². The highest BCUT2D eigenvalue weighted by molar-refractivity contribution is 6.42. The third-order valence-electron chi connectivity index (χ3n) is 4.12. The van der Waals surface area contributed by atoms with Gasteiger partial charge in [0.15, 0.2) is 0 Å². The van der Waals surface area contributed by atoms with Crippen molar-refractivity contribution in [3.8, 4) is 0 Å². The van der Waals surface area contributed by atoms with E-state index in [4.69, 9.17) is 0 Å². The van der Waals surface area contributed by atoms with Crippen LogP contribution < -0.4 is 5.32 Å². The number of imidazole rings is 1. The molecule has 0 spiro atoms. The highest BCUT2D eigenvalue weighted by Gasteiger charge is 2.25. The van der Waals surface area contributed by atoms with Crippen molar-refractivity contribution in [1.82, 2.24) is 14.9 Å². The second kappa shape index (κ2) is 7.31. The van der Waals surface area contributed by atoms with Gasteiger partial charge in [-0.25, -0.2) is 9.37 Å². The molecule has 1 amide bonds. The van der Waals surface area contributed by atoms with Gasteiger partial charge in [0.1, 0.15) is 17.7 Å².